The highest BCUT2D eigenvalue weighted by molar-refractivity contribution is 6.25. The molecule has 0 aromatic heterocycles. The summed E-state index contributed by atoms with van der Waals surface area (Å²) in [6.07, 6.45) is 0. The molecule has 0 saturated carbocycles. The van der Waals surface area contributed by atoms with E-state index in [0.717, 1.165) is 34.1 Å². The molecule has 2 nitrogen and oxygen atoms in total. The first-order valence-corrected chi connectivity index (χ1v) is 17.8. The second-order valence-electron chi connectivity index (χ2n) is 12.9. The molecule has 9 rings (SSSR count). The van der Waals surface area contributed by atoms with E-state index in [1.54, 1.807) is 0 Å². The minimum atomic E-state index is 1.08. The summed E-state index contributed by atoms with van der Waals surface area (Å²) in [5.41, 5.74) is 11.5. The average Bonchev–Trinajstić information content (AvgIpc) is 3.22. The van der Waals surface area contributed by atoms with Gasteiger partial charge in [-0.1, -0.05) is 152 Å². The number of para-hydroxylation sites is 3. The highest BCUT2D eigenvalue weighted by Gasteiger charge is 2.23. The summed E-state index contributed by atoms with van der Waals surface area (Å²) in [4.78, 5) is 4.72. The third-order valence-electron chi connectivity index (χ3n) is 9.80. The quantitative estimate of drug-likeness (QED) is 0.149. The van der Waals surface area contributed by atoms with Crippen LogP contribution in [0.5, 0.6) is 0 Å². The topological polar surface area (TPSA) is 6.48 Å². The van der Waals surface area contributed by atoms with Crippen molar-refractivity contribution in [1.29, 1.82) is 0 Å². The van der Waals surface area contributed by atoms with E-state index in [1.807, 2.05) is 0 Å². The van der Waals surface area contributed by atoms with Crippen molar-refractivity contribution in [1.82, 2.24) is 0 Å². The number of benzene rings is 9. The second-order valence-corrected chi connectivity index (χ2v) is 12.9. The van der Waals surface area contributed by atoms with Crippen LogP contribution in [0, 0.1) is 0 Å². The van der Waals surface area contributed by atoms with E-state index in [2.05, 4.69) is 228 Å². The smallest absolute Gasteiger partial charge is 0.0546 e. The monoisotopic (exact) mass is 664 g/mol. The third kappa shape index (κ3) is 5.67. The molecule has 0 atom stereocenters. The molecule has 0 aliphatic heterocycles. The fourth-order valence-corrected chi connectivity index (χ4v) is 7.57. The van der Waals surface area contributed by atoms with Gasteiger partial charge in [0.05, 0.1) is 5.69 Å². The van der Waals surface area contributed by atoms with E-state index in [9.17, 15) is 0 Å². The van der Waals surface area contributed by atoms with E-state index in [1.165, 1.54) is 43.8 Å². The first-order chi connectivity index (χ1) is 25.8. The van der Waals surface area contributed by atoms with Crippen LogP contribution in [0.3, 0.4) is 0 Å². The van der Waals surface area contributed by atoms with Crippen LogP contribution in [-0.4, -0.2) is 0 Å². The fourth-order valence-electron chi connectivity index (χ4n) is 7.57. The van der Waals surface area contributed by atoms with Gasteiger partial charge in [-0.2, -0.15) is 0 Å². The van der Waals surface area contributed by atoms with Crippen molar-refractivity contribution in [3.63, 3.8) is 0 Å². The number of hydrogen-bond acceptors (Lipinski definition) is 2. The van der Waals surface area contributed by atoms with Crippen LogP contribution in [0.1, 0.15) is 0 Å². The SMILES string of the molecule is c1ccc(-c2c3ccccc3c(-c3ccccc3)c3c(N(c4ccccc4)c4ccc(N(c5ccccc5)c5ccccc5)cc4)cccc23)cc1. The molecule has 9 aromatic carbocycles. The van der Waals surface area contributed by atoms with Crippen LogP contribution < -0.4 is 9.80 Å². The fraction of sp³-hybridized carbons (Fsp3) is 0. The van der Waals surface area contributed by atoms with E-state index in [4.69, 9.17) is 0 Å². The molecular weight excluding hydrogens is 629 g/mol. The summed E-state index contributed by atoms with van der Waals surface area (Å²) < 4.78 is 0. The lowest BCUT2D eigenvalue weighted by atomic mass is 9.85. The zero-order valence-corrected chi connectivity index (χ0v) is 28.7. The molecule has 0 radical (unpaired) electrons. The van der Waals surface area contributed by atoms with E-state index in [0.29, 0.717) is 0 Å². The molecule has 0 amide bonds. The molecule has 2 heteroatoms. The molecule has 0 saturated heterocycles. The molecule has 0 spiro atoms. The molecule has 52 heavy (non-hydrogen) atoms. The van der Waals surface area contributed by atoms with Gasteiger partial charge in [-0.15, -0.1) is 0 Å². The number of nitrogens with zero attached hydrogens (tertiary/aromatic N) is 2. The Labute approximate surface area is 305 Å². The molecule has 0 aliphatic rings. The third-order valence-corrected chi connectivity index (χ3v) is 9.80. The summed E-state index contributed by atoms with van der Waals surface area (Å²) in [5, 5.41) is 4.92. The van der Waals surface area contributed by atoms with Gasteiger partial charge in [0, 0.05) is 33.8 Å². The van der Waals surface area contributed by atoms with E-state index >= 15 is 0 Å². The minimum Gasteiger partial charge on any atom is -0.311 e. The maximum absolute atomic E-state index is 2.41. The summed E-state index contributed by atoms with van der Waals surface area (Å²) in [6, 6.07) is 78.2. The lowest BCUT2D eigenvalue weighted by Gasteiger charge is -2.30. The zero-order chi connectivity index (χ0) is 34.7. The predicted molar refractivity (Wildman–Crippen MR) is 222 cm³/mol. The van der Waals surface area contributed by atoms with E-state index in [-0.39, 0.29) is 0 Å². The molecule has 0 bridgehead atoms. The predicted octanol–water partition coefficient (Wildman–Crippen LogP) is 14.3. The Morgan fingerprint density at radius 3 is 1.08 bits per heavy atom. The van der Waals surface area contributed by atoms with Crippen LogP contribution >= 0.6 is 0 Å². The Kier molecular flexibility index (Phi) is 8.24. The molecule has 0 aliphatic carbocycles. The van der Waals surface area contributed by atoms with Crippen LogP contribution in [0.15, 0.2) is 218 Å². The van der Waals surface area contributed by atoms with Gasteiger partial charge in [0.25, 0.3) is 0 Å². The maximum atomic E-state index is 2.41. The Hall–Kier alpha value is -6.90. The van der Waals surface area contributed by atoms with Gasteiger partial charge in [-0.3, -0.25) is 0 Å². The second kappa shape index (κ2) is 13.8. The number of fused-ring (bicyclic) bond motifs is 2. The Morgan fingerprint density at radius 2 is 0.577 bits per heavy atom. The zero-order valence-electron chi connectivity index (χ0n) is 28.7. The Balaban J connectivity index is 1.31. The first-order valence-electron chi connectivity index (χ1n) is 17.8. The Morgan fingerprint density at radius 1 is 0.231 bits per heavy atom. The normalized spacial score (nSPS) is 11.1. The summed E-state index contributed by atoms with van der Waals surface area (Å²) in [5.74, 6) is 0. The van der Waals surface area contributed by atoms with Gasteiger partial charge in [0.1, 0.15) is 0 Å². The first kappa shape index (κ1) is 31.1. The van der Waals surface area contributed by atoms with Crippen molar-refractivity contribution >= 4 is 55.7 Å². The molecule has 246 valence electrons. The lowest BCUT2D eigenvalue weighted by molar-refractivity contribution is 1.26. The number of rotatable bonds is 8. The van der Waals surface area contributed by atoms with Crippen LogP contribution in [0.25, 0.3) is 43.8 Å². The van der Waals surface area contributed by atoms with Crippen LogP contribution in [0.4, 0.5) is 34.1 Å². The van der Waals surface area contributed by atoms with Crippen LogP contribution in [0.2, 0.25) is 0 Å². The van der Waals surface area contributed by atoms with Gasteiger partial charge in [-0.05, 0) is 105 Å². The van der Waals surface area contributed by atoms with E-state index < -0.39 is 0 Å². The molecule has 0 heterocycles. The summed E-state index contributed by atoms with van der Waals surface area (Å²) in [7, 11) is 0. The number of hydrogen-bond donors (Lipinski definition) is 0. The van der Waals surface area contributed by atoms with Gasteiger partial charge in [0.2, 0.25) is 0 Å². The highest BCUT2D eigenvalue weighted by atomic mass is 15.2. The Bertz CT molecular complexity index is 2550. The van der Waals surface area contributed by atoms with Crippen molar-refractivity contribution in [2.45, 2.75) is 0 Å². The lowest BCUT2D eigenvalue weighted by Crippen LogP contribution is -2.12. The standard InChI is InChI=1S/C50H36N2/c1-6-19-37(20-7-1)48-44-29-16-17-30-45(44)49(38-21-8-2-9-22-38)50-46(48)31-18-32-47(50)52(41-27-14-5-15-28-41)43-35-33-42(34-36-43)51(39-23-10-3-11-24-39)40-25-12-4-13-26-40/h1-36H. The van der Waals surface area contributed by atoms with Gasteiger partial charge >= 0.3 is 0 Å². The molecular formula is C50H36N2. The minimum absolute atomic E-state index is 1.08. The molecule has 9 aromatic rings. The van der Waals surface area contributed by atoms with Crippen molar-refractivity contribution in [2.75, 3.05) is 9.80 Å². The van der Waals surface area contributed by atoms with Gasteiger partial charge in [-0.25, -0.2) is 0 Å². The van der Waals surface area contributed by atoms with Gasteiger partial charge < -0.3 is 9.80 Å². The summed E-state index contributed by atoms with van der Waals surface area (Å²) >= 11 is 0. The van der Waals surface area contributed by atoms with Crippen LogP contribution in [-0.2, 0) is 0 Å². The highest BCUT2D eigenvalue weighted by Crippen LogP contribution is 2.49. The van der Waals surface area contributed by atoms with Gasteiger partial charge in [0.15, 0.2) is 0 Å². The largest absolute Gasteiger partial charge is 0.311 e. The molecule has 0 unspecified atom stereocenters. The molecule has 0 N–H and O–H groups in total. The maximum Gasteiger partial charge on any atom is 0.0546 e. The summed E-state index contributed by atoms with van der Waals surface area (Å²) in [6.45, 7) is 0. The van der Waals surface area contributed by atoms with Crippen molar-refractivity contribution in [3.05, 3.63) is 218 Å². The molecule has 0 fully saturated rings. The van der Waals surface area contributed by atoms with Crippen molar-refractivity contribution in [2.24, 2.45) is 0 Å². The number of anilines is 6. The van der Waals surface area contributed by atoms with Crippen molar-refractivity contribution in [3.8, 4) is 22.3 Å². The van der Waals surface area contributed by atoms with Crippen molar-refractivity contribution < 1.29 is 0 Å². The average molecular weight is 665 g/mol.